The summed E-state index contributed by atoms with van der Waals surface area (Å²) in [5.74, 6) is 0.670. The van der Waals surface area contributed by atoms with E-state index in [4.69, 9.17) is 14.2 Å². The van der Waals surface area contributed by atoms with Gasteiger partial charge in [-0.1, -0.05) is 12.1 Å². The highest BCUT2D eigenvalue weighted by Gasteiger charge is 2.30. The molecule has 4 rings (SSSR count). The highest BCUT2D eigenvalue weighted by molar-refractivity contribution is 5.81. The standard InChI is InChI=1S/C28H28F3N3O4/c1-18-24(17-38-23-9-6-20-10-12-34(26(20)16-23)13-15-37-19(2)35)25(11-14-36-3)33-27(32-18)21-4-7-22(8-5-21)28(29,30)31/h4-10,12,16H,11,13-15,17H2,1-3H3. The fraction of sp³-hybridized carbons (Fsp3) is 0.321. The first-order chi connectivity index (χ1) is 18.2. The molecule has 0 atom stereocenters. The molecule has 38 heavy (non-hydrogen) atoms. The van der Waals surface area contributed by atoms with Gasteiger partial charge in [0.05, 0.1) is 29.9 Å². The molecule has 7 nitrogen and oxygen atoms in total. The first-order valence-electron chi connectivity index (χ1n) is 12.0. The Morgan fingerprint density at radius 1 is 1.03 bits per heavy atom. The van der Waals surface area contributed by atoms with Crippen molar-refractivity contribution in [3.05, 3.63) is 77.2 Å². The van der Waals surface area contributed by atoms with Crippen molar-refractivity contribution in [2.24, 2.45) is 0 Å². The van der Waals surface area contributed by atoms with E-state index in [1.165, 1.54) is 19.1 Å². The summed E-state index contributed by atoms with van der Waals surface area (Å²) >= 11 is 0. The number of esters is 1. The van der Waals surface area contributed by atoms with E-state index < -0.39 is 11.7 Å². The van der Waals surface area contributed by atoms with Crippen LogP contribution in [0.3, 0.4) is 0 Å². The van der Waals surface area contributed by atoms with Crippen molar-refractivity contribution < 1.29 is 32.2 Å². The Balaban J connectivity index is 1.56. The molecule has 0 fully saturated rings. The summed E-state index contributed by atoms with van der Waals surface area (Å²) in [6, 6.07) is 12.5. The van der Waals surface area contributed by atoms with Crippen molar-refractivity contribution in [1.82, 2.24) is 14.5 Å². The SMILES string of the molecule is COCCc1nc(-c2ccc(C(F)(F)F)cc2)nc(C)c1COc1ccc2ccn(CCOC(C)=O)c2c1. The minimum atomic E-state index is -4.41. The van der Waals surface area contributed by atoms with Gasteiger partial charge in [-0.2, -0.15) is 13.2 Å². The molecule has 10 heteroatoms. The Bertz CT molecular complexity index is 1420. The Labute approximate surface area is 218 Å². The molecular weight excluding hydrogens is 499 g/mol. The van der Waals surface area contributed by atoms with Gasteiger partial charge >= 0.3 is 12.1 Å². The van der Waals surface area contributed by atoms with E-state index in [0.717, 1.165) is 28.6 Å². The summed E-state index contributed by atoms with van der Waals surface area (Å²) in [5.41, 5.74) is 2.89. The molecule has 0 N–H and O–H groups in total. The van der Waals surface area contributed by atoms with Gasteiger partial charge in [0.1, 0.15) is 19.0 Å². The number of carbonyl (C=O) groups excluding carboxylic acids is 1. The Morgan fingerprint density at radius 2 is 1.79 bits per heavy atom. The molecule has 0 aliphatic heterocycles. The van der Waals surface area contributed by atoms with Gasteiger partial charge in [0.2, 0.25) is 0 Å². The second kappa shape index (κ2) is 11.6. The van der Waals surface area contributed by atoms with Gasteiger partial charge in [0, 0.05) is 49.5 Å². The number of nitrogens with zero attached hydrogens (tertiary/aromatic N) is 3. The average molecular weight is 528 g/mol. The highest BCUT2D eigenvalue weighted by atomic mass is 19.4. The zero-order valence-electron chi connectivity index (χ0n) is 21.3. The van der Waals surface area contributed by atoms with Crippen LogP contribution in [-0.2, 0) is 40.0 Å². The largest absolute Gasteiger partial charge is 0.489 e. The molecule has 0 aliphatic rings. The molecule has 0 spiro atoms. The maximum atomic E-state index is 13.0. The number of hydrogen-bond donors (Lipinski definition) is 0. The maximum absolute atomic E-state index is 13.0. The number of fused-ring (bicyclic) bond motifs is 1. The second-order valence-electron chi connectivity index (χ2n) is 8.73. The minimum absolute atomic E-state index is 0.206. The third-order valence-electron chi connectivity index (χ3n) is 6.08. The second-order valence-corrected chi connectivity index (χ2v) is 8.73. The van der Waals surface area contributed by atoms with Crippen molar-refractivity contribution in [3.63, 3.8) is 0 Å². The quantitative estimate of drug-likeness (QED) is 0.244. The predicted octanol–water partition coefficient (Wildman–Crippen LogP) is 5.76. The molecule has 0 aliphatic carbocycles. The molecule has 0 saturated heterocycles. The van der Waals surface area contributed by atoms with Crippen LogP contribution in [0.2, 0.25) is 0 Å². The van der Waals surface area contributed by atoms with Crippen molar-refractivity contribution in [3.8, 4) is 17.1 Å². The number of alkyl halides is 3. The van der Waals surface area contributed by atoms with Gasteiger partial charge in [0.15, 0.2) is 5.82 Å². The summed E-state index contributed by atoms with van der Waals surface area (Å²) < 4.78 is 57.3. The van der Waals surface area contributed by atoms with Crippen LogP contribution in [0, 0.1) is 6.92 Å². The van der Waals surface area contributed by atoms with Crippen LogP contribution in [0.5, 0.6) is 5.75 Å². The lowest BCUT2D eigenvalue weighted by Gasteiger charge is -2.15. The van der Waals surface area contributed by atoms with Crippen LogP contribution in [0.25, 0.3) is 22.3 Å². The fourth-order valence-corrected chi connectivity index (χ4v) is 4.08. The number of rotatable bonds is 10. The van der Waals surface area contributed by atoms with Crippen molar-refractivity contribution >= 4 is 16.9 Å². The Morgan fingerprint density at radius 3 is 2.47 bits per heavy atom. The molecule has 2 aromatic carbocycles. The lowest BCUT2D eigenvalue weighted by molar-refractivity contribution is -0.141. The third-order valence-corrected chi connectivity index (χ3v) is 6.08. The van der Waals surface area contributed by atoms with Gasteiger partial charge in [-0.25, -0.2) is 9.97 Å². The molecule has 0 amide bonds. The van der Waals surface area contributed by atoms with E-state index >= 15 is 0 Å². The van der Waals surface area contributed by atoms with Crippen molar-refractivity contribution in [1.29, 1.82) is 0 Å². The number of halogens is 3. The normalized spacial score (nSPS) is 11.6. The Hall–Kier alpha value is -3.92. The average Bonchev–Trinajstić information content (AvgIpc) is 3.28. The monoisotopic (exact) mass is 527 g/mol. The smallest absolute Gasteiger partial charge is 0.416 e. The van der Waals surface area contributed by atoms with Crippen LogP contribution in [0.4, 0.5) is 13.2 Å². The number of ether oxygens (including phenoxy) is 3. The van der Waals surface area contributed by atoms with Crippen LogP contribution >= 0.6 is 0 Å². The lowest BCUT2D eigenvalue weighted by Crippen LogP contribution is -2.11. The molecule has 2 heterocycles. The van der Waals surface area contributed by atoms with Crippen LogP contribution in [0.15, 0.2) is 54.7 Å². The van der Waals surface area contributed by atoms with Crippen molar-refractivity contribution in [2.45, 2.75) is 39.6 Å². The van der Waals surface area contributed by atoms with Crippen LogP contribution in [0.1, 0.15) is 29.4 Å². The van der Waals surface area contributed by atoms with E-state index in [1.54, 1.807) is 7.11 Å². The maximum Gasteiger partial charge on any atom is 0.416 e. The molecule has 4 aromatic rings. The summed E-state index contributed by atoms with van der Waals surface area (Å²) in [4.78, 5) is 20.3. The summed E-state index contributed by atoms with van der Waals surface area (Å²) in [5, 5.41) is 1.03. The number of carbonyl (C=O) groups is 1. The minimum Gasteiger partial charge on any atom is -0.489 e. The number of methoxy groups -OCH3 is 1. The highest BCUT2D eigenvalue weighted by Crippen LogP contribution is 2.31. The van der Waals surface area contributed by atoms with Crippen LogP contribution in [-0.4, -0.2) is 40.8 Å². The zero-order valence-corrected chi connectivity index (χ0v) is 21.3. The fourth-order valence-electron chi connectivity index (χ4n) is 4.08. The van der Waals surface area contributed by atoms with E-state index in [-0.39, 0.29) is 19.2 Å². The van der Waals surface area contributed by atoms with Gasteiger partial charge in [-0.05, 0) is 42.6 Å². The first-order valence-corrected chi connectivity index (χ1v) is 12.0. The van der Waals surface area contributed by atoms with Gasteiger partial charge in [0.25, 0.3) is 0 Å². The lowest BCUT2D eigenvalue weighted by atomic mass is 10.1. The topological polar surface area (TPSA) is 75.5 Å². The Kier molecular flexibility index (Phi) is 8.31. The molecule has 0 saturated carbocycles. The summed E-state index contributed by atoms with van der Waals surface area (Å²) in [6.07, 6.45) is -1.99. The first kappa shape index (κ1) is 27.1. The van der Waals surface area contributed by atoms with E-state index in [0.29, 0.717) is 48.1 Å². The third kappa shape index (κ3) is 6.49. The molecular formula is C28H28F3N3O4. The number of hydrogen-bond acceptors (Lipinski definition) is 6. The zero-order chi connectivity index (χ0) is 27.3. The van der Waals surface area contributed by atoms with E-state index in [2.05, 4.69) is 9.97 Å². The van der Waals surface area contributed by atoms with Crippen molar-refractivity contribution in [2.75, 3.05) is 20.3 Å². The number of aryl methyl sites for hydroxylation is 1. The van der Waals surface area contributed by atoms with Gasteiger partial charge < -0.3 is 18.8 Å². The van der Waals surface area contributed by atoms with Gasteiger partial charge in [-0.15, -0.1) is 0 Å². The summed E-state index contributed by atoms with van der Waals surface area (Å²) in [7, 11) is 1.59. The molecule has 0 bridgehead atoms. The molecule has 0 radical (unpaired) electrons. The van der Waals surface area contributed by atoms with E-state index in [1.807, 2.05) is 42.0 Å². The number of aromatic nitrogens is 3. The summed E-state index contributed by atoms with van der Waals surface area (Å²) in [6.45, 7) is 4.62. The molecule has 200 valence electrons. The van der Waals surface area contributed by atoms with Gasteiger partial charge in [-0.3, -0.25) is 4.79 Å². The number of benzene rings is 2. The van der Waals surface area contributed by atoms with Crippen LogP contribution < -0.4 is 4.74 Å². The molecule has 2 aromatic heterocycles. The molecule has 0 unspecified atom stereocenters. The van der Waals surface area contributed by atoms with E-state index in [9.17, 15) is 18.0 Å². The predicted molar refractivity (Wildman–Crippen MR) is 136 cm³/mol.